The fraction of sp³-hybridized carbons (Fsp3) is 0.250. The maximum atomic E-state index is 10.2. The second-order valence-corrected chi connectivity index (χ2v) is 2.31. The van der Waals surface area contributed by atoms with Gasteiger partial charge in [-0.25, -0.2) is 9.59 Å². The zero-order valence-corrected chi connectivity index (χ0v) is 6.95. The zero-order valence-electron chi connectivity index (χ0n) is 6.95. The van der Waals surface area contributed by atoms with E-state index in [1.165, 1.54) is 0 Å². The van der Waals surface area contributed by atoms with Gasteiger partial charge in [0.2, 0.25) is 0 Å². The van der Waals surface area contributed by atoms with Crippen LogP contribution in [-0.2, 0) is 14.3 Å². The van der Waals surface area contributed by atoms with Crippen LogP contribution in [-0.4, -0.2) is 35.4 Å². The second-order valence-electron chi connectivity index (χ2n) is 2.31. The monoisotopic (exact) mass is 186 g/mol. The Morgan fingerprint density at radius 3 is 1.54 bits per heavy atom. The summed E-state index contributed by atoms with van der Waals surface area (Å²) in [5, 5.41) is 16.7. The Balaban J connectivity index is 3.69. The maximum absolute atomic E-state index is 10.2. The van der Waals surface area contributed by atoms with Crippen molar-refractivity contribution in [2.24, 2.45) is 0 Å². The Bertz CT molecular complexity index is 227. The highest BCUT2D eigenvalue weighted by Gasteiger charge is 2.06. The second kappa shape index (κ2) is 5.10. The lowest BCUT2D eigenvalue weighted by molar-refractivity contribution is -0.133. The fourth-order valence-electron chi connectivity index (χ4n) is 0.421. The number of aliphatic carboxylic acids is 2. The molecule has 5 nitrogen and oxygen atoms in total. The Labute approximate surface area is 74.9 Å². The predicted molar refractivity (Wildman–Crippen MR) is 44.4 cm³/mol. The van der Waals surface area contributed by atoms with Crippen LogP contribution in [0.25, 0.3) is 0 Å². The van der Waals surface area contributed by atoms with E-state index in [1.807, 2.05) is 0 Å². The average Bonchev–Trinajstić information content (AvgIpc) is 2.03. The summed E-state index contributed by atoms with van der Waals surface area (Å²) in [6, 6.07) is 0. The maximum Gasteiger partial charge on any atom is 0.333 e. The van der Waals surface area contributed by atoms with Gasteiger partial charge in [-0.2, -0.15) is 0 Å². The summed E-state index contributed by atoms with van der Waals surface area (Å²) in [7, 11) is 0. The molecule has 0 fully saturated rings. The van der Waals surface area contributed by atoms with Gasteiger partial charge < -0.3 is 14.9 Å². The quantitative estimate of drug-likeness (QED) is 0.582. The van der Waals surface area contributed by atoms with Crippen molar-refractivity contribution in [3.8, 4) is 0 Å². The van der Waals surface area contributed by atoms with Crippen molar-refractivity contribution >= 4 is 11.9 Å². The SMILES string of the molecule is C=C(COCC(=C)C(=O)O)C(=O)O. The minimum atomic E-state index is -1.17. The largest absolute Gasteiger partial charge is 0.478 e. The topological polar surface area (TPSA) is 83.8 Å². The van der Waals surface area contributed by atoms with E-state index in [0.29, 0.717) is 0 Å². The molecule has 2 N–H and O–H groups in total. The van der Waals surface area contributed by atoms with Crippen LogP contribution in [0.15, 0.2) is 24.3 Å². The van der Waals surface area contributed by atoms with Crippen LogP contribution in [0.4, 0.5) is 0 Å². The first-order chi connectivity index (χ1) is 5.95. The normalized spacial score (nSPS) is 9.23. The molecule has 0 spiro atoms. The third-order valence-electron chi connectivity index (χ3n) is 1.16. The van der Waals surface area contributed by atoms with Crippen molar-refractivity contribution in [2.45, 2.75) is 0 Å². The van der Waals surface area contributed by atoms with Gasteiger partial charge >= 0.3 is 11.9 Å². The first-order valence-electron chi connectivity index (χ1n) is 3.35. The third-order valence-corrected chi connectivity index (χ3v) is 1.16. The lowest BCUT2D eigenvalue weighted by Crippen LogP contribution is -2.11. The molecule has 0 heterocycles. The molecule has 0 aromatic carbocycles. The van der Waals surface area contributed by atoms with Gasteiger partial charge in [-0.05, 0) is 0 Å². The number of carboxylic acids is 2. The summed E-state index contributed by atoms with van der Waals surface area (Å²) in [4.78, 5) is 20.4. The van der Waals surface area contributed by atoms with Gasteiger partial charge in [0.25, 0.3) is 0 Å². The highest BCUT2D eigenvalue weighted by molar-refractivity contribution is 5.86. The molecule has 0 aliphatic heterocycles. The number of ether oxygens (including phenoxy) is 1. The minimum Gasteiger partial charge on any atom is -0.478 e. The van der Waals surface area contributed by atoms with Crippen LogP contribution in [0.5, 0.6) is 0 Å². The van der Waals surface area contributed by atoms with E-state index in [1.54, 1.807) is 0 Å². The van der Waals surface area contributed by atoms with Crippen LogP contribution < -0.4 is 0 Å². The van der Waals surface area contributed by atoms with Crippen molar-refractivity contribution in [2.75, 3.05) is 13.2 Å². The molecule has 13 heavy (non-hydrogen) atoms. The Morgan fingerprint density at radius 2 is 1.31 bits per heavy atom. The van der Waals surface area contributed by atoms with Crippen LogP contribution in [0.2, 0.25) is 0 Å². The van der Waals surface area contributed by atoms with Crippen molar-refractivity contribution < 1.29 is 24.5 Å². The molecule has 72 valence electrons. The first kappa shape index (κ1) is 11.4. The van der Waals surface area contributed by atoms with Gasteiger partial charge in [0.15, 0.2) is 0 Å². The number of hydrogen-bond donors (Lipinski definition) is 2. The molecule has 0 aliphatic rings. The van der Waals surface area contributed by atoms with Gasteiger partial charge in [0, 0.05) is 0 Å². The summed E-state index contributed by atoms with van der Waals surface area (Å²) in [5.41, 5.74) is -0.253. The van der Waals surface area contributed by atoms with Gasteiger partial charge in [-0.3, -0.25) is 0 Å². The Kier molecular flexibility index (Phi) is 4.47. The van der Waals surface area contributed by atoms with E-state index < -0.39 is 11.9 Å². The Morgan fingerprint density at radius 1 is 1.00 bits per heavy atom. The van der Waals surface area contributed by atoms with Crippen molar-refractivity contribution in [1.29, 1.82) is 0 Å². The van der Waals surface area contributed by atoms with Crippen molar-refractivity contribution in [1.82, 2.24) is 0 Å². The molecule has 0 aromatic rings. The summed E-state index contributed by atoms with van der Waals surface area (Å²) >= 11 is 0. The van der Waals surface area contributed by atoms with Crippen LogP contribution in [0.3, 0.4) is 0 Å². The molecule has 0 aromatic heterocycles. The number of carboxylic acid groups (broad SMARTS) is 2. The molecule has 5 heteroatoms. The van der Waals surface area contributed by atoms with E-state index in [-0.39, 0.29) is 24.4 Å². The molecule has 0 radical (unpaired) electrons. The highest BCUT2D eigenvalue weighted by atomic mass is 16.5. The first-order valence-corrected chi connectivity index (χ1v) is 3.35. The lowest BCUT2D eigenvalue weighted by Gasteiger charge is -2.02. The number of rotatable bonds is 6. The van der Waals surface area contributed by atoms with Gasteiger partial charge in [0.05, 0.1) is 24.4 Å². The standard InChI is InChI=1S/C8H10O5/c1-5(7(9)10)3-13-4-6(2)8(11)12/h1-4H2,(H,9,10)(H,11,12). The molecular formula is C8H10O5. The smallest absolute Gasteiger partial charge is 0.333 e. The van der Waals surface area contributed by atoms with E-state index >= 15 is 0 Å². The molecule has 0 atom stereocenters. The van der Waals surface area contributed by atoms with E-state index in [0.717, 1.165) is 0 Å². The molecule has 0 rings (SSSR count). The van der Waals surface area contributed by atoms with Crippen LogP contribution in [0.1, 0.15) is 0 Å². The number of hydrogen-bond acceptors (Lipinski definition) is 3. The third kappa shape index (κ3) is 4.76. The molecule has 0 aliphatic carbocycles. The van der Waals surface area contributed by atoms with Gasteiger partial charge in [0.1, 0.15) is 0 Å². The summed E-state index contributed by atoms with van der Waals surface area (Å²) in [6.45, 7) is 5.98. The molecular weight excluding hydrogens is 176 g/mol. The Hall–Kier alpha value is -1.62. The van der Waals surface area contributed by atoms with Crippen molar-refractivity contribution in [3.63, 3.8) is 0 Å². The minimum absolute atomic E-state index is 0.127. The highest BCUT2D eigenvalue weighted by Crippen LogP contribution is 1.95. The van der Waals surface area contributed by atoms with E-state index in [4.69, 9.17) is 14.9 Å². The molecule has 0 saturated carbocycles. The van der Waals surface area contributed by atoms with E-state index in [9.17, 15) is 9.59 Å². The average molecular weight is 186 g/mol. The predicted octanol–water partition coefficient (Wildman–Crippen LogP) is 0.285. The van der Waals surface area contributed by atoms with Crippen LogP contribution >= 0.6 is 0 Å². The molecule has 0 saturated heterocycles. The van der Waals surface area contributed by atoms with Gasteiger partial charge in [-0.1, -0.05) is 13.2 Å². The van der Waals surface area contributed by atoms with E-state index in [2.05, 4.69) is 13.2 Å². The summed E-state index contributed by atoms with van der Waals surface area (Å²) in [6.07, 6.45) is 0. The van der Waals surface area contributed by atoms with Crippen molar-refractivity contribution in [3.05, 3.63) is 24.3 Å². The van der Waals surface area contributed by atoms with Gasteiger partial charge in [-0.15, -0.1) is 0 Å². The number of carbonyl (C=O) groups is 2. The molecule has 0 amide bonds. The lowest BCUT2D eigenvalue weighted by atomic mass is 10.3. The summed E-state index contributed by atoms with van der Waals surface area (Å²) in [5.74, 6) is -2.33. The molecule has 0 bridgehead atoms. The zero-order chi connectivity index (χ0) is 10.4. The molecule has 0 unspecified atom stereocenters. The fourth-order valence-corrected chi connectivity index (χ4v) is 0.421. The van der Waals surface area contributed by atoms with Crippen LogP contribution in [0, 0.1) is 0 Å². The summed E-state index contributed by atoms with van der Waals surface area (Å²) < 4.78 is 4.72.